The van der Waals surface area contributed by atoms with Gasteiger partial charge in [0.05, 0.1) is 4.92 Å². The highest BCUT2D eigenvalue weighted by Gasteiger charge is 2.22. The lowest BCUT2D eigenvalue weighted by Gasteiger charge is -2.14. The Morgan fingerprint density at radius 3 is 2.26 bits per heavy atom. The molecule has 7 nitrogen and oxygen atoms in total. The number of aromatic nitrogens is 2. The molecule has 0 amide bonds. The van der Waals surface area contributed by atoms with E-state index >= 15 is 0 Å². The molecular weight excluding hydrogens is 246 g/mol. The first-order chi connectivity index (χ1) is 9.13. The van der Waals surface area contributed by atoms with E-state index in [1.54, 1.807) is 0 Å². The number of anilines is 2. The molecule has 0 radical (unpaired) electrons. The van der Waals surface area contributed by atoms with Crippen LogP contribution in [0.15, 0.2) is 6.33 Å². The van der Waals surface area contributed by atoms with Gasteiger partial charge in [0.25, 0.3) is 0 Å². The second-order valence-corrected chi connectivity index (χ2v) is 4.27. The summed E-state index contributed by atoms with van der Waals surface area (Å²) in [5, 5.41) is 17.1. The fraction of sp³-hybridized carbons (Fsp3) is 0.667. The minimum absolute atomic E-state index is 0.0877. The Balaban J connectivity index is 2.93. The van der Waals surface area contributed by atoms with Crippen molar-refractivity contribution in [2.45, 2.75) is 33.6 Å². The smallest absolute Gasteiger partial charge is 0.353 e. The van der Waals surface area contributed by atoms with Crippen molar-refractivity contribution in [1.82, 2.24) is 9.97 Å². The van der Waals surface area contributed by atoms with Gasteiger partial charge in [-0.25, -0.2) is 9.97 Å². The van der Waals surface area contributed by atoms with Crippen molar-refractivity contribution in [3.8, 4) is 0 Å². The Labute approximate surface area is 113 Å². The zero-order valence-corrected chi connectivity index (χ0v) is 11.6. The third-order valence-corrected chi connectivity index (χ3v) is 3.06. The van der Waals surface area contributed by atoms with E-state index < -0.39 is 4.92 Å². The van der Waals surface area contributed by atoms with Crippen LogP contribution in [0, 0.1) is 16.0 Å². The second kappa shape index (κ2) is 7.50. The maximum absolute atomic E-state index is 11.1. The first-order valence-corrected chi connectivity index (χ1v) is 6.61. The van der Waals surface area contributed by atoms with E-state index in [0.717, 1.165) is 12.8 Å². The summed E-state index contributed by atoms with van der Waals surface area (Å²) in [6, 6.07) is 0. The van der Waals surface area contributed by atoms with Crippen LogP contribution in [0.2, 0.25) is 0 Å². The lowest BCUT2D eigenvalue weighted by molar-refractivity contribution is -0.383. The van der Waals surface area contributed by atoms with Crippen molar-refractivity contribution < 1.29 is 4.92 Å². The molecule has 0 fully saturated rings. The van der Waals surface area contributed by atoms with E-state index in [1.165, 1.54) is 6.33 Å². The van der Waals surface area contributed by atoms with Crippen molar-refractivity contribution in [3.63, 3.8) is 0 Å². The quantitative estimate of drug-likeness (QED) is 0.555. The Hall–Kier alpha value is -1.92. The molecule has 0 aliphatic carbocycles. The van der Waals surface area contributed by atoms with Crippen molar-refractivity contribution in [2.24, 2.45) is 5.92 Å². The molecule has 0 saturated heterocycles. The predicted octanol–water partition coefficient (Wildman–Crippen LogP) is 2.66. The Bertz CT molecular complexity index is 421. The van der Waals surface area contributed by atoms with Gasteiger partial charge in [0, 0.05) is 13.1 Å². The summed E-state index contributed by atoms with van der Waals surface area (Å²) < 4.78 is 0. The van der Waals surface area contributed by atoms with Crippen molar-refractivity contribution in [3.05, 3.63) is 16.4 Å². The third kappa shape index (κ3) is 4.04. The molecular formula is C12H21N5O2. The molecule has 0 aliphatic heterocycles. The van der Waals surface area contributed by atoms with Gasteiger partial charge in [0.2, 0.25) is 11.6 Å². The standard InChI is InChI=1S/C12H21N5O2/c1-4-9(5-2)7-14-12-10(17(18)19)11(13-6-3)15-8-16-12/h8-9H,4-7H2,1-3H3,(H2,13,14,15,16). The van der Waals surface area contributed by atoms with Crippen LogP contribution in [0.5, 0.6) is 0 Å². The van der Waals surface area contributed by atoms with Crippen LogP contribution in [0.3, 0.4) is 0 Å². The van der Waals surface area contributed by atoms with Gasteiger partial charge >= 0.3 is 5.69 Å². The summed E-state index contributed by atoms with van der Waals surface area (Å²) >= 11 is 0. The van der Waals surface area contributed by atoms with Gasteiger partial charge in [0.15, 0.2) is 0 Å². The van der Waals surface area contributed by atoms with Crippen LogP contribution in [-0.4, -0.2) is 28.0 Å². The predicted molar refractivity (Wildman–Crippen MR) is 75.4 cm³/mol. The monoisotopic (exact) mass is 267 g/mol. The van der Waals surface area contributed by atoms with Gasteiger partial charge in [-0.2, -0.15) is 0 Å². The molecule has 7 heteroatoms. The zero-order chi connectivity index (χ0) is 14.3. The lowest BCUT2D eigenvalue weighted by atomic mass is 10.0. The van der Waals surface area contributed by atoms with Crippen molar-refractivity contribution >= 4 is 17.3 Å². The van der Waals surface area contributed by atoms with Gasteiger partial charge in [-0.05, 0) is 12.8 Å². The Morgan fingerprint density at radius 2 is 1.79 bits per heavy atom. The average molecular weight is 267 g/mol. The Kier molecular flexibility index (Phi) is 5.98. The number of nitro groups is 1. The van der Waals surface area contributed by atoms with E-state index in [2.05, 4.69) is 34.4 Å². The van der Waals surface area contributed by atoms with Crippen LogP contribution in [0.4, 0.5) is 17.3 Å². The molecule has 0 unspecified atom stereocenters. The van der Waals surface area contributed by atoms with Gasteiger partial charge in [-0.1, -0.05) is 26.7 Å². The molecule has 19 heavy (non-hydrogen) atoms. The summed E-state index contributed by atoms with van der Waals surface area (Å²) in [6.45, 7) is 7.33. The molecule has 0 aliphatic rings. The summed E-state index contributed by atoms with van der Waals surface area (Å²) in [7, 11) is 0. The second-order valence-electron chi connectivity index (χ2n) is 4.27. The molecule has 106 valence electrons. The molecule has 1 rings (SSSR count). The average Bonchev–Trinajstić information content (AvgIpc) is 2.40. The van der Waals surface area contributed by atoms with Crippen molar-refractivity contribution in [2.75, 3.05) is 23.7 Å². The minimum Gasteiger partial charge on any atom is -0.364 e. The molecule has 0 saturated carbocycles. The molecule has 1 aromatic heterocycles. The highest BCUT2D eigenvalue weighted by molar-refractivity contribution is 5.69. The largest absolute Gasteiger partial charge is 0.364 e. The first-order valence-electron chi connectivity index (χ1n) is 6.61. The molecule has 1 aromatic rings. The summed E-state index contributed by atoms with van der Waals surface area (Å²) in [4.78, 5) is 18.6. The van der Waals surface area contributed by atoms with Crippen molar-refractivity contribution in [1.29, 1.82) is 0 Å². The maximum atomic E-state index is 11.1. The SMILES string of the molecule is CCNc1ncnc(NCC(CC)CC)c1[N+](=O)[O-]. The minimum atomic E-state index is -0.451. The normalized spacial score (nSPS) is 10.5. The molecule has 0 aromatic carbocycles. The summed E-state index contributed by atoms with van der Waals surface area (Å²) in [5.74, 6) is 1.02. The van der Waals surface area contributed by atoms with Crippen LogP contribution in [-0.2, 0) is 0 Å². The van der Waals surface area contributed by atoms with Crippen LogP contribution in [0.25, 0.3) is 0 Å². The molecule has 1 heterocycles. The first kappa shape index (κ1) is 15.1. The summed E-state index contributed by atoms with van der Waals surface area (Å²) in [6.07, 6.45) is 3.39. The van der Waals surface area contributed by atoms with Gasteiger partial charge < -0.3 is 10.6 Å². The van der Waals surface area contributed by atoms with E-state index in [9.17, 15) is 10.1 Å². The third-order valence-electron chi connectivity index (χ3n) is 3.06. The van der Waals surface area contributed by atoms with E-state index in [-0.39, 0.29) is 17.3 Å². The number of hydrogen-bond acceptors (Lipinski definition) is 6. The topological polar surface area (TPSA) is 93.0 Å². The molecule has 0 spiro atoms. The molecule has 0 atom stereocenters. The number of nitrogens with zero attached hydrogens (tertiary/aromatic N) is 3. The van der Waals surface area contributed by atoms with Crippen LogP contribution < -0.4 is 10.6 Å². The molecule has 2 N–H and O–H groups in total. The number of nitrogens with one attached hydrogen (secondary N) is 2. The number of rotatable bonds is 8. The van der Waals surface area contributed by atoms with E-state index in [1.807, 2.05) is 6.92 Å². The van der Waals surface area contributed by atoms with Crippen LogP contribution >= 0.6 is 0 Å². The van der Waals surface area contributed by atoms with Crippen LogP contribution in [0.1, 0.15) is 33.6 Å². The van der Waals surface area contributed by atoms with Gasteiger partial charge in [-0.15, -0.1) is 0 Å². The highest BCUT2D eigenvalue weighted by atomic mass is 16.6. The fourth-order valence-electron chi connectivity index (χ4n) is 1.80. The maximum Gasteiger partial charge on any atom is 0.353 e. The number of hydrogen-bond donors (Lipinski definition) is 2. The Morgan fingerprint density at radius 1 is 1.21 bits per heavy atom. The molecule has 0 bridgehead atoms. The highest BCUT2D eigenvalue weighted by Crippen LogP contribution is 2.28. The lowest BCUT2D eigenvalue weighted by Crippen LogP contribution is -2.15. The fourth-order valence-corrected chi connectivity index (χ4v) is 1.80. The summed E-state index contributed by atoms with van der Waals surface area (Å²) in [5.41, 5.74) is -0.0877. The van der Waals surface area contributed by atoms with Gasteiger partial charge in [-0.3, -0.25) is 10.1 Å². The van der Waals surface area contributed by atoms with Gasteiger partial charge in [0.1, 0.15) is 6.33 Å². The van der Waals surface area contributed by atoms with E-state index in [0.29, 0.717) is 19.0 Å². The van der Waals surface area contributed by atoms with E-state index in [4.69, 9.17) is 0 Å². The zero-order valence-electron chi connectivity index (χ0n) is 11.6.